The van der Waals surface area contributed by atoms with Crippen molar-refractivity contribution in [2.75, 3.05) is 18.1 Å². The fourth-order valence-electron chi connectivity index (χ4n) is 3.26. The summed E-state index contributed by atoms with van der Waals surface area (Å²) in [6, 6.07) is 19.2. The molecular weight excluding hydrogens is 523 g/mol. The van der Waals surface area contributed by atoms with Crippen molar-refractivity contribution in [3.63, 3.8) is 0 Å². The van der Waals surface area contributed by atoms with Gasteiger partial charge in [-0.1, -0.05) is 65.2 Å². The van der Waals surface area contributed by atoms with Gasteiger partial charge in [-0.25, -0.2) is 5.43 Å². The predicted octanol–water partition coefficient (Wildman–Crippen LogP) is 6.89. The monoisotopic (exact) mass is 546 g/mol. The van der Waals surface area contributed by atoms with Crippen LogP contribution in [0.5, 0.6) is 11.5 Å². The van der Waals surface area contributed by atoms with Crippen LogP contribution in [0.4, 0.5) is 0 Å². The van der Waals surface area contributed by atoms with Crippen LogP contribution in [0.3, 0.4) is 0 Å². The van der Waals surface area contributed by atoms with E-state index < -0.39 is 0 Å². The molecule has 0 saturated carbocycles. The summed E-state index contributed by atoms with van der Waals surface area (Å²) < 4.78 is 11.8. The Morgan fingerprint density at radius 2 is 1.69 bits per heavy atom. The van der Waals surface area contributed by atoms with Crippen molar-refractivity contribution in [2.24, 2.45) is 5.10 Å². The smallest absolute Gasteiger partial charge is 0.277 e. The second-order valence-electron chi connectivity index (χ2n) is 7.81. The van der Waals surface area contributed by atoms with Crippen LogP contribution in [0.15, 0.2) is 65.8 Å². The summed E-state index contributed by atoms with van der Waals surface area (Å²) in [5, 5.41) is 4.69. The number of hydrogen-bond acceptors (Lipinski definition) is 6. The van der Waals surface area contributed by atoms with E-state index in [1.807, 2.05) is 79.0 Å². The van der Waals surface area contributed by atoms with E-state index in [0.29, 0.717) is 38.3 Å². The fourth-order valence-corrected chi connectivity index (χ4v) is 6.74. The van der Waals surface area contributed by atoms with Crippen LogP contribution in [0.25, 0.3) is 0 Å². The van der Waals surface area contributed by atoms with Crippen LogP contribution >= 0.6 is 46.7 Å². The van der Waals surface area contributed by atoms with Gasteiger partial charge in [-0.15, -0.1) is 23.5 Å². The fraction of sp³-hybridized carbons (Fsp3) is 0.231. The van der Waals surface area contributed by atoms with Crippen LogP contribution in [-0.2, 0) is 11.4 Å². The van der Waals surface area contributed by atoms with Crippen LogP contribution in [0, 0.1) is 6.92 Å². The molecule has 1 heterocycles. The number of nitrogens with one attached hydrogen (secondary N) is 1. The zero-order valence-electron chi connectivity index (χ0n) is 19.0. The van der Waals surface area contributed by atoms with Crippen LogP contribution in [0.1, 0.15) is 26.8 Å². The Morgan fingerprint density at radius 3 is 2.34 bits per heavy atom. The number of halogens is 2. The summed E-state index contributed by atoms with van der Waals surface area (Å²) in [6.07, 6.45) is 1.46. The second kappa shape index (κ2) is 12.6. The van der Waals surface area contributed by atoms with Gasteiger partial charge in [0, 0.05) is 11.5 Å². The molecule has 9 heteroatoms. The van der Waals surface area contributed by atoms with Gasteiger partial charge in [-0.05, 0) is 47.9 Å². The van der Waals surface area contributed by atoms with E-state index in [9.17, 15) is 4.79 Å². The molecule has 4 rings (SSSR count). The second-order valence-corrected chi connectivity index (χ2v) is 11.4. The molecule has 3 aromatic rings. The number of carbonyl (C=O) groups is 1. The first kappa shape index (κ1) is 25.8. The molecule has 182 valence electrons. The van der Waals surface area contributed by atoms with Crippen molar-refractivity contribution < 1.29 is 14.3 Å². The Hall–Kier alpha value is -2.32. The van der Waals surface area contributed by atoms with Gasteiger partial charge >= 0.3 is 0 Å². The molecule has 1 aliphatic heterocycles. The van der Waals surface area contributed by atoms with Crippen LogP contribution in [0.2, 0.25) is 10.0 Å². The quantitative estimate of drug-likeness (QED) is 0.234. The number of benzene rings is 3. The highest BCUT2D eigenvalue weighted by Crippen LogP contribution is 2.45. The van der Waals surface area contributed by atoms with Crippen LogP contribution in [-0.4, -0.2) is 30.2 Å². The first-order chi connectivity index (χ1) is 17.0. The van der Waals surface area contributed by atoms with Crippen molar-refractivity contribution in [3.8, 4) is 11.5 Å². The molecule has 1 saturated heterocycles. The maximum absolute atomic E-state index is 12.1. The lowest BCUT2D eigenvalue weighted by molar-refractivity contribution is -0.123. The molecular formula is C26H24Cl2N2O3S2. The first-order valence-corrected chi connectivity index (χ1v) is 13.8. The molecule has 0 atom stereocenters. The van der Waals surface area contributed by atoms with E-state index in [2.05, 4.69) is 10.5 Å². The van der Waals surface area contributed by atoms with E-state index in [1.165, 1.54) is 28.8 Å². The highest BCUT2D eigenvalue weighted by Gasteiger charge is 2.18. The minimum Gasteiger partial charge on any atom is -0.486 e. The van der Waals surface area contributed by atoms with Gasteiger partial charge in [0.05, 0.1) is 20.8 Å². The third-order valence-electron chi connectivity index (χ3n) is 5.07. The van der Waals surface area contributed by atoms with Crippen molar-refractivity contribution in [1.29, 1.82) is 0 Å². The van der Waals surface area contributed by atoms with Gasteiger partial charge in [-0.3, -0.25) is 4.79 Å². The van der Waals surface area contributed by atoms with Gasteiger partial charge in [0.25, 0.3) is 5.91 Å². The molecule has 0 radical (unpaired) electrons. The number of hydrazone groups is 1. The molecule has 5 nitrogen and oxygen atoms in total. The zero-order valence-corrected chi connectivity index (χ0v) is 22.1. The third-order valence-corrected chi connectivity index (χ3v) is 8.74. The maximum atomic E-state index is 12.1. The van der Waals surface area contributed by atoms with E-state index in [4.69, 9.17) is 32.7 Å². The summed E-state index contributed by atoms with van der Waals surface area (Å²) in [6.45, 7) is 2.24. The molecule has 0 spiro atoms. The molecule has 35 heavy (non-hydrogen) atoms. The lowest BCUT2D eigenvalue weighted by atomic mass is 10.2. The predicted molar refractivity (Wildman–Crippen MR) is 147 cm³/mol. The highest BCUT2D eigenvalue weighted by molar-refractivity contribution is 8.19. The summed E-state index contributed by atoms with van der Waals surface area (Å²) in [4.78, 5) is 12.1. The molecule has 1 amide bonds. The summed E-state index contributed by atoms with van der Waals surface area (Å²) in [5.74, 6) is 3.03. The molecule has 1 N–H and O–H groups in total. The number of aryl methyl sites for hydroxylation is 1. The van der Waals surface area contributed by atoms with Crippen molar-refractivity contribution in [3.05, 3.63) is 93.0 Å². The van der Waals surface area contributed by atoms with Gasteiger partial charge in [0.1, 0.15) is 12.4 Å². The normalized spacial score (nSPS) is 13.8. The first-order valence-electron chi connectivity index (χ1n) is 10.9. The highest BCUT2D eigenvalue weighted by atomic mass is 35.5. The number of carbonyl (C=O) groups excluding carboxylic acids is 1. The summed E-state index contributed by atoms with van der Waals surface area (Å²) in [7, 11) is 0. The van der Waals surface area contributed by atoms with Crippen LogP contribution < -0.4 is 14.9 Å². The van der Waals surface area contributed by atoms with Crippen molar-refractivity contribution in [1.82, 2.24) is 5.43 Å². The molecule has 0 bridgehead atoms. The Balaban J connectivity index is 1.25. The van der Waals surface area contributed by atoms with Crippen molar-refractivity contribution in [2.45, 2.75) is 18.1 Å². The summed E-state index contributed by atoms with van der Waals surface area (Å²) >= 11 is 16.6. The Labute approximate surface area is 223 Å². The lowest BCUT2D eigenvalue weighted by Crippen LogP contribution is -2.24. The maximum Gasteiger partial charge on any atom is 0.277 e. The molecule has 1 aliphatic rings. The molecule has 0 aromatic heterocycles. The molecule has 0 unspecified atom stereocenters. The minimum absolute atomic E-state index is 0.142. The number of amides is 1. The Kier molecular flexibility index (Phi) is 9.26. The van der Waals surface area contributed by atoms with Gasteiger partial charge in [-0.2, -0.15) is 5.10 Å². The van der Waals surface area contributed by atoms with E-state index in [-0.39, 0.29) is 12.5 Å². The number of ether oxygens (including phenoxy) is 2. The number of nitrogens with zero attached hydrogens (tertiary/aromatic N) is 1. The topological polar surface area (TPSA) is 59.9 Å². The van der Waals surface area contributed by atoms with Gasteiger partial charge in [0.2, 0.25) is 0 Å². The van der Waals surface area contributed by atoms with Crippen molar-refractivity contribution >= 4 is 58.8 Å². The van der Waals surface area contributed by atoms with Gasteiger partial charge < -0.3 is 9.47 Å². The number of hydrogen-bond donors (Lipinski definition) is 1. The Morgan fingerprint density at radius 1 is 1.03 bits per heavy atom. The Bertz CT molecular complexity index is 1160. The zero-order chi connectivity index (χ0) is 24.6. The summed E-state index contributed by atoms with van der Waals surface area (Å²) in [5.41, 5.74) is 6.53. The minimum atomic E-state index is -0.373. The van der Waals surface area contributed by atoms with E-state index >= 15 is 0 Å². The molecule has 3 aromatic carbocycles. The average molecular weight is 548 g/mol. The molecule has 0 aliphatic carbocycles. The van der Waals surface area contributed by atoms with Gasteiger partial charge in [0.15, 0.2) is 12.4 Å². The standard InChI is InChI=1S/C26H24Cl2N2O3S2/c1-17-2-4-18(5-3-17)15-33-25-22(27)12-19(13-23(25)28)14-29-30-24(31)16-32-21-8-6-20(7-9-21)26-34-10-11-35-26/h2-9,12-14,26H,10-11,15-16H2,1H3,(H,30,31)/b29-14-. The number of thioether (sulfide) groups is 2. The third kappa shape index (κ3) is 7.58. The SMILES string of the molecule is Cc1ccc(COc2c(Cl)cc(/C=N\NC(=O)COc3ccc(C4SCCS4)cc3)cc2Cl)cc1. The molecule has 1 fully saturated rings. The van der Waals surface area contributed by atoms with E-state index in [1.54, 1.807) is 12.1 Å². The van der Waals surface area contributed by atoms with E-state index in [0.717, 1.165) is 5.56 Å². The largest absolute Gasteiger partial charge is 0.486 e. The average Bonchev–Trinajstić information content (AvgIpc) is 3.39. The number of rotatable bonds is 9. The lowest BCUT2D eigenvalue weighted by Gasteiger charge is -2.11.